The molecule has 1 unspecified atom stereocenters. The monoisotopic (exact) mass is 296 g/mol. The van der Waals surface area contributed by atoms with E-state index in [1.165, 1.54) is 0 Å². The van der Waals surface area contributed by atoms with Gasteiger partial charge in [-0.1, -0.05) is 0 Å². The van der Waals surface area contributed by atoms with Crippen LogP contribution in [0.2, 0.25) is 0 Å². The van der Waals surface area contributed by atoms with Gasteiger partial charge >= 0.3 is 0 Å². The summed E-state index contributed by atoms with van der Waals surface area (Å²) in [6.07, 6.45) is 5.04. The largest absolute Gasteiger partial charge is 0.381 e. The van der Waals surface area contributed by atoms with Crippen LogP contribution in [0.25, 0.3) is 0 Å². The van der Waals surface area contributed by atoms with Gasteiger partial charge in [0.25, 0.3) is 0 Å². The lowest BCUT2D eigenvalue weighted by atomic mass is 10.0. The summed E-state index contributed by atoms with van der Waals surface area (Å²) in [4.78, 5) is 13.7. The Labute approximate surface area is 120 Å². The molecule has 2 atom stereocenters. The van der Waals surface area contributed by atoms with E-state index in [2.05, 4.69) is 0 Å². The molecule has 0 aromatic carbocycles. The minimum atomic E-state index is -0.350. The van der Waals surface area contributed by atoms with Gasteiger partial charge in [-0.3, -0.25) is 4.79 Å². The van der Waals surface area contributed by atoms with Crippen molar-refractivity contribution >= 4 is 30.1 Å². The van der Waals surface area contributed by atoms with Crippen LogP contribution in [-0.2, 0) is 9.53 Å². The van der Waals surface area contributed by atoms with E-state index in [1.54, 1.807) is 16.7 Å². The highest BCUT2D eigenvalue weighted by atomic mass is 35.5. The number of hydrogen-bond acceptors (Lipinski definition) is 4. The van der Waals surface area contributed by atoms with Crippen molar-refractivity contribution in [3.05, 3.63) is 0 Å². The number of carbonyl (C=O) groups is 1. The molecule has 0 aliphatic carbocycles. The molecule has 18 heavy (non-hydrogen) atoms. The summed E-state index contributed by atoms with van der Waals surface area (Å²) < 4.78 is 5.42. The third-order valence-corrected chi connectivity index (χ3v) is 3.76. The highest BCUT2D eigenvalue weighted by Gasteiger charge is 2.22. The maximum atomic E-state index is 12.0. The number of hydrogen-bond donors (Lipinski definition) is 1. The second-order valence-electron chi connectivity index (χ2n) is 4.69. The highest BCUT2D eigenvalue weighted by molar-refractivity contribution is 7.98. The fourth-order valence-corrected chi connectivity index (χ4v) is 2.57. The van der Waals surface area contributed by atoms with Gasteiger partial charge in [-0.15, -0.1) is 12.4 Å². The van der Waals surface area contributed by atoms with Crippen molar-refractivity contribution in [1.82, 2.24) is 4.90 Å². The predicted octanol–water partition coefficient (Wildman–Crippen LogP) is 1.37. The standard InChI is InChI=1S/C12H24N2O2S.ClH/c1-14(8-10-4-3-6-16-9-10)12(15)11(13)5-7-17-2;/h10-11H,3-9,13H2,1-2H3;1H/t10?,11-;/m0./s1. The van der Waals surface area contributed by atoms with Crippen LogP contribution >= 0.6 is 24.2 Å². The van der Waals surface area contributed by atoms with E-state index >= 15 is 0 Å². The number of rotatable bonds is 6. The molecule has 1 aliphatic rings. The Morgan fingerprint density at radius 3 is 2.89 bits per heavy atom. The van der Waals surface area contributed by atoms with Crippen LogP contribution in [-0.4, -0.2) is 55.7 Å². The van der Waals surface area contributed by atoms with E-state index in [0.29, 0.717) is 5.92 Å². The van der Waals surface area contributed by atoms with Crippen LogP contribution in [0.1, 0.15) is 19.3 Å². The molecule has 1 rings (SSSR count). The number of nitrogens with zero attached hydrogens (tertiary/aromatic N) is 1. The van der Waals surface area contributed by atoms with Crippen molar-refractivity contribution in [2.24, 2.45) is 11.7 Å². The Bertz CT molecular complexity index is 238. The number of thioether (sulfide) groups is 1. The summed E-state index contributed by atoms with van der Waals surface area (Å²) >= 11 is 1.72. The van der Waals surface area contributed by atoms with Gasteiger partial charge in [-0.2, -0.15) is 11.8 Å². The third kappa shape index (κ3) is 6.27. The van der Waals surface area contributed by atoms with E-state index in [1.807, 2.05) is 13.3 Å². The highest BCUT2D eigenvalue weighted by Crippen LogP contribution is 2.15. The Kier molecular flexibility index (Phi) is 9.91. The maximum absolute atomic E-state index is 12.0. The molecule has 0 saturated carbocycles. The minimum Gasteiger partial charge on any atom is -0.381 e. The van der Waals surface area contributed by atoms with Crippen LogP contribution in [0.3, 0.4) is 0 Å². The van der Waals surface area contributed by atoms with Crippen molar-refractivity contribution in [3.8, 4) is 0 Å². The number of likely N-dealkylation sites (N-methyl/N-ethyl adjacent to an activating group) is 1. The molecule has 2 N–H and O–H groups in total. The van der Waals surface area contributed by atoms with Crippen molar-refractivity contribution < 1.29 is 9.53 Å². The smallest absolute Gasteiger partial charge is 0.239 e. The van der Waals surface area contributed by atoms with Crippen LogP contribution in [0.5, 0.6) is 0 Å². The lowest BCUT2D eigenvalue weighted by Crippen LogP contribution is -2.44. The van der Waals surface area contributed by atoms with E-state index in [4.69, 9.17) is 10.5 Å². The third-order valence-electron chi connectivity index (χ3n) is 3.11. The lowest BCUT2D eigenvalue weighted by molar-refractivity contribution is -0.132. The first-order chi connectivity index (χ1) is 8.15. The summed E-state index contributed by atoms with van der Waals surface area (Å²) in [6.45, 7) is 2.41. The molecule has 0 aromatic rings. The molecule has 1 fully saturated rings. The van der Waals surface area contributed by atoms with Crippen LogP contribution in [0, 0.1) is 5.92 Å². The van der Waals surface area contributed by atoms with Gasteiger partial charge in [0.1, 0.15) is 0 Å². The molecule has 108 valence electrons. The van der Waals surface area contributed by atoms with Gasteiger partial charge in [0.15, 0.2) is 0 Å². The van der Waals surface area contributed by atoms with Crippen molar-refractivity contribution in [2.45, 2.75) is 25.3 Å². The fourth-order valence-electron chi connectivity index (χ4n) is 2.08. The van der Waals surface area contributed by atoms with Crippen molar-refractivity contribution in [1.29, 1.82) is 0 Å². The molecule has 0 spiro atoms. The number of carbonyl (C=O) groups excluding carboxylic acids is 1. The van der Waals surface area contributed by atoms with Gasteiger partial charge in [-0.25, -0.2) is 0 Å². The number of halogens is 1. The SMILES string of the molecule is CSCC[C@H](N)C(=O)N(C)CC1CCCOC1.Cl. The van der Waals surface area contributed by atoms with Gasteiger partial charge in [0.05, 0.1) is 12.6 Å². The van der Waals surface area contributed by atoms with Crippen molar-refractivity contribution in [3.63, 3.8) is 0 Å². The zero-order valence-electron chi connectivity index (χ0n) is 11.3. The van der Waals surface area contributed by atoms with E-state index in [0.717, 1.165) is 44.8 Å². The van der Waals surface area contributed by atoms with E-state index < -0.39 is 0 Å². The summed E-state index contributed by atoms with van der Waals surface area (Å²) in [7, 11) is 1.84. The first-order valence-corrected chi connectivity index (χ1v) is 7.61. The van der Waals surface area contributed by atoms with Gasteiger partial charge in [0, 0.05) is 20.2 Å². The quantitative estimate of drug-likeness (QED) is 0.804. The number of amides is 1. The molecule has 1 aliphatic heterocycles. The Morgan fingerprint density at radius 1 is 1.61 bits per heavy atom. The van der Waals surface area contributed by atoms with Crippen molar-refractivity contribution in [2.75, 3.05) is 38.8 Å². The molecule has 0 aromatic heterocycles. The zero-order valence-corrected chi connectivity index (χ0v) is 12.9. The summed E-state index contributed by atoms with van der Waals surface area (Å²) in [6, 6.07) is -0.350. The Balaban J connectivity index is 0.00000289. The molecular formula is C12H25ClN2O2S. The van der Waals surface area contributed by atoms with Crippen LogP contribution < -0.4 is 5.73 Å². The molecule has 1 heterocycles. The van der Waals surface area contributed by atoms with Gasteiger partial charge in [-0.05, 0) is 37.2 Å². The Hall–Kier alpha value is 0.0300. The normalized spacial score (nSPS) is 20.9. The molecule has 0 radical (unpaired) electrons. The number of nitrogens with two attached hydrogens (primary N) is 1. The Morgan fingerprint density at radius 2 is 2.33 bits per heavy atom. The minimum absolute atomic E-state index is 0. The predicted molar refractivity (Wildman–Crippen MR) is 79.4 cm³/mol. The van der Waals surface area contributed by atoms with E-state index in [-0.39, 0.29) is 24.4 Å². The molecule has 1 saturated heterocycles. The first-order valence-electron chi connectivity index (χ1n) is 6.22. The fraction of sp³-hybridized carbons (Fsp3) is 0.917. The molecule has 4 nitrogen and oxygen atoms in total. The average Bonchev–Trinajstić information content (AvgIpc) is 2.36. The van der Waals surface area contributed by atoms with Gasteiger partial charge in [0.2, 0.25) is 5.91 Å². The molecule has 0 bridgehead atoms. The molecule has 1 amide bonds. The average molecular weight is 297 g/mol. The summed E-state index contributed by atoms with van der Waals surface area (Å²) in [5, 5.41) is 0. The second-order valence-corrected chi connectivity index (χ2v) is 5.68. The first kappa shape index (κ1) is 18.0. The molecular weight excluding hydrogens is 272 g/mol. The maximum Gasteiger partial charge on any atom is 0.239 e. The topological polar surface area (TPSA) is 55.6 Å². The second kappa shape index (κ2) is 9.89. The number of ether oxygens (including phenoxy) is 1. The summed E-state index contributed by atoms with van der Waals surface area (Å²) in [5.74, 6) is 1.47. The van der Waals surface area contributed by atoms with Crippen LogP contribution in [0.4, 0.5) is 0 Å². The van der Waals surface area contributed by atoms with E-state index in [9.17, 15) is 4.79 Å². The molecule has 6 heteroatoms. The van der Waals surface area contributed by atoms with Gasteiger partial charge < -0.3 is 15.4 Å². The lowest BCUT2D eigenvalue weighted by Gasteiger charge is -2.28. The zero-order chi connectivity index (χ0) is 12.7. The summed E-state index contributed by atoms with van der Waals surface area (Å²) in [5.41, 5.74) is 5.87. The van der Waals surface area contributed by atoms with Crippen LogP contribution in [0.15, 0.2) is 0 Å².